The molecule has 1 heterocycles. The third-order valence-electron chi connectivity index (χ3n) is 4.04. The van der Waals surface area contributed by atoms with Crippen LogP contribution in [0, 0.1) is 5.92 Å². The second kappa shape index (κ2) is 8.67. The maximum atomic E-state index is 12.1. The molecule has 0 radical (unpaired) electrons. The molecule has 0 spiro atoms. The molecule has 0 aromatic heterocycles. The molecule has 25 heavy (non-hydrogen) atoms. The summed E-state index contributed by atoms with van der Waals surface area (Å²) >= 11 is 0. The van der Waals surface area contributed by atoms with E-state index in [0.29, 0.717) is 6.42 Å². The minimum atomic E-state index is -1.21. The molecule has 0 saturated heterocycles. The third-order valence-corrected chi connectivity index (χ3v) is 4.04. The molecule has 2 rings (SSSR count). The van der Waals surface area contributed by atoms with Gasteiger partial charge in [-0.05, 0) is 31.9 Å². The van der Waals surface area contributed by atoms with Crippen LogP contribution < -0.4 is 0 Å². The quantitative estimate of drug-likeness (QED) is 0.796. The Labute approximate surface area is 147 Å². The largest absolute Gasteiger partial charge is 0.469 e. The highest BCUT2D eigenvalue weighted by molar-refractivity contribution is 5.86. The summed E-state index contributed by atoms with van der Waals surface area (Å²) in [6.45, 7) is 3.48. The predicted molar refractivity (Wildman–Crippen MR) is 90.3 cm³/mol. The highest BCUT2D eigenvalue weighted by Gasteiger charge is 2.37. The molecule has 0 saturated carbocycles. The number of aliphatic hydroxyl groups is 1. The highest BCUT2D eigenvalue weighted by Crippen LogP contribution is 2.38. The van der Waals surface area contributed by atoms with Gasteiger partial charge in [-0.25, -0.2) is 4.79 Å². The highest BCUT2D eigenvalue weighted by atomic mass is 16.6. The summed E-state index contributed by atoms with van der Waals surface area (Å²) in [6.07, 6.45) is 0.686. The first-order valence-electron chi connectivity index (χ1n) is 8.31. The molecule has 1 aliphatic rings. The lowest BCUT2D eigenvalue weighted by Gasteiger charge is -2.34. The lowest BCUT2D eigenvalue weighted by Crippen LogP contribution is -2.35. The zero-order valence-electron chi connectivity index (χ0n) is 14.7. The molecule has 0 amide bonds. The Bertz CT molecular complexity index is 622. The first kappa shape index (κ1) is 19.0. The van der Waals surface area contributed by atoms with Crippen molar-refractivity contribution in [1.82, 2.24) is 0 Å². The van der Waals surface area contributed by atoms with Gasteiger partial charge in [0.2, 0.25) is 12.0 Å². The topological polar surface area (TPSA) is 82.1 Å². The fraction of sp³-hybridized carbons (Fsp3) is 0.474. The molecular formula is C19H24O6. The maximum absolute atomic E-state index is 12.1. The van der Waals surface area contributed by atoms with E-state index in [1.54, 1.807) is 19.9 Å². The van der Waals surface area contributed by atoms with E-state index in [4.69, 9.17) is 9.47 Å². The number of carbonyl (C=O) groups is 2. The predicted octanol–water partition coefficient (Wildman–Crippen LogP) is 2.52. The lowest BCUT2D eigenvalue weighted by molar-refractivity contribution is -0.164. The van der Waals surface area contributed by atoms with E-state index in [2.05, 4.69) is 4.74 Å². The van der Waals surface area contributed by atoms with Crippen LogP contribution in [-0.2, 0) is 23.8 Å². The molecule has 0 aliphatic carbocycles. The van der Waals surface area contributed by atoms with Crippen LogP contribution in [0.3, 0.4) is 0 Å². The first-order valence-corrected chi connectivity index (χ1v) is 8.31. The summed E-state index contributed by atoms with van der Waals surface area (Å²) in [5, 5.41) is 10.4. The molecule has 0 bridgehead atoms. The summed E-state index contributed by atoms with van der Waals surface area (Å²) < 4.78 is 15.2. The van der Waals surface area contributed by atoms with Crippen LogP contribution in [0.2, 0.25) is 0 Å². The number of carbonyl (C=O) groups excluding carboxylic acids is 2. The molecule has 136 valence electrons. The number of esters is 2. The van der Waals surface area contributed by atoms with Crippen LogP contribution in [0.5, 0.6) is 0 Å². The van der Waals surface area contributed by atoms with Gasteiger partial charge in [0.1, 0.15) is 0 Å². The van der Waals surface area contributed by atoms with Crippen molar-refractivity contribution >= 4 is 11.9 Å². The van der Waals surface area contributed by atoms with Crippen molar-refractivity contribution in [2.24, 2.45) is 5.92 Å². The summed E-state index contributed by atoms with van der Waals surface area (Å²) in [5.74, 6) is -1.62. The molecule has 0 unspecified atom stereocenters. The van der Waals surface area contributed by atoms with Crippen LogP contribution in [0.25, 0.3) is 0 Å². The van der Waals surface area contributed by atoms with Crippen LogP contribution in [-0.4, -0.2) is 36.5 Å². The van der Waals surface area contributed by atoms with Gasteiger partial charge in [0.15, 0.2) is 0 Å². The van der Waals surface area contributed by atoms with Crippen molar-refractivity contribution in [3.8, 4) is 0 Å². The van der Waals surface area contributed by atoms with Crippen molar-refractivity contribution in [3.05, 3.63) is 47.7 Å². The van der Waals surface area contributed by atoms with E-state index >= 15 is 0 Å². The Kier molecular flexibility index (Phi) is 6.58. The van der Waals surface area contributed by atoms with Crippen molar-refractivity contribution < 1.29 is 28.9 Å². The van der Waals surface area contributed by atoms with E-state index < -0.39 is 12.3 Å². The van der Waals surface area contributed by atoms with Gasteiger partial charge in [0.05, 0.1) is 13.2 Å². The van der Waals surface area contributed by atoms with Gasteiger partial charge in [0.25, 0.3) is 0 Å². The van der Waals surface area contributed by atoms with Gasteiger partial charge in [-0.1, -0.05) is 30.3 Å². The monoisotopic (exact) mass is 348 g/mol. The Balaban J connectivity index is 2.28. The van der Waals surface area contributed by atoms with Gasteiger partial charge >= 0.3 is 11.9 Å². The molecule has 1 aromatic carbocycles. The molecular weight excluding hydrogens is 324 g/mol. The maximum Gasteiger partial charge on any atom is 0.373 e. The Morgan fingerprint density at radius 3 is 2.52 bits per heavy atom. The molecule has 1 aliphatic heterocycles. The molecule has 1 N–H and O–H groups in total. The zero-order valence-corrected chi connectivity index (χ0v) is 14.7. The second-order valence-corrected chi connectivity index (χ2v) is 6.21. The fourth-order valence-corrected chi connectivity index (χ4v) is 2.84. The number of benzene rings is 1. The average molecular weight is 348 g/mol. The lowest BCUT2D eigenvalue weighted by atomic mass is 9.81. The molecule has 1 aromatic rings. The van der Waals surface area contributed by atoms with Gasteiger partial charge in [-0.15, -0.1) is 0 Å². The minimum absolute atomic E-state index is 0.00984. The number of hydrogen-bond acceptors (Lipinski definition) is 6. The van der Waals surface area contributed by atoms with Crippen molar-refractivity contribution in [2.45, 2.75) is 45.0 Å². The van der Waals surface area contributed by atoms with E-state index in [1.165, 1.54) is 7.11 Å². The number of aliphatic hydroxyl groups excluding tert-OH is 1. The van der Waals surface area contributed by atoms with E-state index in [9.17, 15) is 14.7 Å². The average Bonchev–Trinajstić information content (AvgIpc) is 2.59. The number of methoxy groups -OCH3 is 1. The van der Waals surface area contributed by atoms with Crippen LogP contribution in [0.4, 0.5) is 0 Å². The van der Waals surface area contributed by atoms with Crippen LogP contribution in [0.1, 0.15) is 38.2 Å². The number of ether oxygens (including phenoxy) is 3. The fourth-order valence-electron chi connectivity index (χ4n) is 2.84. The van der Waals surface area contributed by atoms with Crippen molar-refractivity contribution in [2.75, 3.05) is 7.11 Å². The Morgan fingerprint density at radius 2 is 1.92 bits per heavy atom. The molecule has 6 heteroatoms. The molecule has 6 nitrogen and oxygen atoms in total. The van der Waals surface area contributed by atoms with E-state index in [1.807, 2.05) is 30.3 Å². The van der Waals surface area contributed by atoms with Gasteiger partial charge < -0.3 is 19.3 Å². The Morgan fingerprint density at radius 1 is 1.24 bits per heavy atom. The number of allylic oxidation sites excluding steroid dienone is 1. The van der Waals surface area contributed by atoms with Gasteiger partial charge in [-0.3, -0.25) is 4.79 Å². The SMILES string of the molecule is COC(=O)CC[C@@H]1[C@@H](c2ccccc2)C=C(C(=O)OC(C)C)O[C@@H]1O. The summed E-state index contributed by atoms with van der Waals surface area (Å²) in [6, 6.07) is 9.48. The van der Waals surface area contributed by atoms with Gasteiger partial charge in [-0.2, -0.15) is 0 Å². The van der Waals surface area contributed by atoms with E-state index in [0.717, 1.165) is 5.56 Å². The second-order valence-electron chi connectivity index (χ2n) is 6.21. The van der Waals surface area contributed by atoms with Crippen LogP contribution >= 0.6 is 0 Å². The summed E-state index contributed by atoms with van der Waals surface area (Å²) in [5.41, 5.74) is 0.926. The molecule has 0 fully saturated rings. The Hall–Kier alpha value is -2.34. The number of rotatable bonds is 6. The minimum Gasteiger partial charge on any atom is -0.469 e. The van der Waals surface area contributed by atoms with E-state index in [-0.39, 0.29) is 36.1 Å². The molecule has 3 atom stereocenters. The summed E-state index contributed by atoms with van der Waals surface area (Å²) in [4.78, 5) is 23.6. The third kappa shape index (κ3) is 5.06. The van der Waals surface area contributed by atoms with Gasteiger partial charge in [0, 0.05) is 18.3 Å². The normalized spacial score (nSPS) is 22.8. The first-order chi connectivity index (χ1) is 11.9. The standard InChI is InChI=1S/C19H24O6/c1-12(2)24-19(22)16-11-15(13-7-5-4-6-8-13)14(18(21)25-16)9-10-17(20)23-3/h4-8,11-12,14-15,18,21H,9-10H2,1-3H3/t14-,15-,18+/m1/s1. The smallest absolute Gasteiger partial charge is 0.373 e. The van der Waals surface area contributed by atoms with Crippen molar-refractivity contribution in [1.29, 1.82) is 0 Å². The summed E-state index contributed by atoms with van der Waals surface area (Å²) in [7, 11) is 1.32. The zero-order chi connectivity index (χ0) is 18.4. The van der Waals surface area contributed by atoms with Crippen LogP contribution in [0.15, 0.2) is 42.2 Å². The number of hydrogen-bond donors (Lipinski definition) is 1. The van der Waals surface area contributed by atoms with Crippen molar-refractivity contribution in [3.63, 3.8) is 0 Å².